The van der Waals surface area contributed by atoms with Gasteiger partial charge in [-0.15, -0.1) is 10.2 Å². The lowest BCUT2D eigenvalue weighted by atomic mass is 10.2. The minimum Gasteiger partial charge on any atom is -0.435 e. The molecule has 1 amide bonds. The molecule has 0 spiro atoms. The fourth-order valence-electron chi connectivity index (χ4n) is 2.32. The predicted molar refractivity (Wildman–Crippen MR) is 100 cm³/mol. The number of unbranched alkanes of at least 4 members (excludes halogenated alkanes) is 3. The van der Waals surface area contributed by atoms with Crippen LogP contribution in [0.2, 0.25) is 0 Å². The van der Waals surface area contributed by atoms with Crippen molar-refractivity contribution >= 4 is 17.7 Å². The topological polar surface area (TPSA) is 95.1 Å². The number of rotatable bonds is 11. The standard InChI is InChI=1S/C17H23F2N5O2S/c1-2-3-4-5-10-21-14(25)11-27-17-23-22-15(24(17)20)12-6-8-13(9-7-12)26-16(18)19/h6-9,16H,2-5,10-11,20H2,1H3,(H,21,25). The van der Waals surface area contributed by atoms with Gasteiger partial charge in [0.2, 0.25) is 11.1 Å². The third kappa shape index (κ3) is 6.70. The maximum Gasteiger partial charge on any atom is 0.387 e. The normalized spacial score (nSPS) is 11.0. The molecule has 27 heavy (non-hydrogen) atoms. The molecule has 0 aliphatic rings. The van der Waals surface area contributed by atoms with Crippen LogP contribution in [0.3, 0.4) is 0 Å². The molecule has 0 bridgehead atoms. The van der Waals surface area contributed by atoms with Crippen LogP contribution >= 0.6 is 11.8 Å². The summed E-state index contributed by atoms with van der Waals surface area (Å²) in [7, 11) is 0. The highest BCUT2D eigenvalue weighted by molar-refractivity contribution is 7.99. The fraction of sp³-hybridized carbons (Fsp3) is 0.471. The second-order valence-corrected chi connectivity index (χ2v) is 6.72. The van der Waals surface area contributed by atoms with Crippen LogP contribution in [-0.4, -0.2) is 39.7 Å². The van der Waals surface area contributed by atoms with Crippen LogP contribution in [0.1, 0.15) is 32.6 Å². The number of halogens is 2. The van der Waals surface area contributed by atoms with E-state index in [4.69, 9.17) is 5.84 Å². The number of nitrogen functional groups attached to an aromatic ring is 1. The van der Waals surface area contributed by atoms with Crippen LogP contribution in [0.5, 0.6) is 5.75 Å². The smallest absolute Gasteiger partial charge is 0.387 e. The van der Waals surface area contributed by atoms with Gasteiger partial charge in [-0.05, 0) is 30.7 Å². The lowest BCUT2D eigenvalue weighted by Crippen LogP contribution is -2.26. The Hall–Kier alpha value is -2.36. The first-order valence-corrected chi connectivity index (χ1v) is 9.65. The average Bonchev–Trinajstić information content (AvgIpc) is 3.00. The molecule has 0 fully saturated rings. The zero-order valence-electron chi connectivity index (χ0n) is 15.0. The van der Waals surface area contributed by atoms with E-state index in [1.54, 1.807) is 12.1 Å². The molecule has 0 atom stereocenters. The Morgan fingerprint density at radius 1 is 1.26 bits per heavy atom. The minimum absolute atomic E-state index is 0.0436. The molecule has 1 aromatic carbocycles. The van der Waals surface area contributed by atoms with Crippen molar-refractivity contribution in [2.24, 2.45) is 0 Å². The Balaban J connectivity index is 1.86. The van der Waals surface area contributed by atoms with E-state index in [0.717, 1.165) is 19.3 Å². The van der Waals surface area contributed by atoms with Gasteiger partial charge in [0, 0.05) is 12.1 Å². The van der Waals surface area contributed by atoms with Gasteiger partial charge in [0.25, 0.3) is 0 Å². The van der Waals surface area contributed by atoms with Crippen molar-refractivity contribution in [3.05, 3.63) is 24.3 Å². The maximum atomic E-state index is 12.2. The molecular formula is C17H23F2N5O2S. The van der Waals surface area contributed by atoms with Crippen molar-refractivity contribution in [2.45, 2.75) is 44.4 Å². The minimum atomic E-state index is -2.88. The van der Waals surface area contributed by atoms with Gasteiger partial charge in [-0.25, -0.2) is 4.68 Å². The second kappa shape index (κ2) is 10.7. The van der Waals surface area contributed by atoms with E-state index < -0.39 is 6.61 Å². The summed E-state index contributed by atoms with van der Waals surface area (Å²) in [6.07, 6.45) is 4.39. The molecule has 1 heterocycles. The molecule has 2 rings (SSSR count). The molecule has 10 heteroatoms. The van der Waals surface area contributed by atoms with Crippen molar-refractivity contribution in [1.29, 1.82) is 0 Å². The molecule has 3 N–H and O–H groups in total. The largest absolute Gasteiger partial charge is 0.435 e. The Bertz CT molecular complexity index is 725. The highest BCUT2D eigenvalue weighted by Crippen LogP contribution is 2.24. The van der Waals surface area contributed by atoms with Crippen LogP contribution in [0.4, 0.5) is 8.78 Å². The molecule has 0 aliphatic heterocycles. The maximum absolute atomic E-state index is 12.2. The number of carbonyl (C=O) groups excluding carboxylic acids is 1. The number of thioether (sulfide) groups is 1. The predicted octanol–water partition coefficient (Wildman–Crippen LogP) is 3.05. The number of nitrogens with zero attached hydrogens (tertiary/aromatic N) is 3. The van der Waals surface area contributed by atoms with Crippen molar-refractivity contribution in [2.75, 3.05) is 18.1 Å². The Morgan fingerprint density at radius 3 is 2.67 bits per heavy atom. The molecule has 0 saturated heterocycles. The Morgan fingerprint density at radius 2 is 2.00 bits per heavy atom. The van der Waals surface area contributed by atoms with Crippen LogP contribution in [0, 0.1) is 0 Å². The van der Waals surface area contributed by atoms with Gasteiger partial charge in [0.15, 0.2) is 5.82 Å². The van der Waals surface area contributed by atoms with Crippen LogP contribution < -0.4 is 15.9 Å². The summed E-state index contributed by atoms with van der Waals surface area (Å²) in [6.45, 7) is -0.0832. The summed E-state index contributed by atoms with van der Waals surface area (Å²) in [4.78, 5) is 11.9. The first-order chi connectivity index (χ1) is 13.0. The van der Waals surface area contributed by atoms with Gasteiger partial charge >= 0.3 is 6.61 Å². The summed E-state index contributed by atoms with van der Waals surface area (Å²) >= 11 is 1.18. The lowest BCUT2D eigenvalue weighted by molar-refractivity contribution is -0.118. The van der Waals surface area contributed by atoms with Crippen molar-refractivity contribution < 1.29 is 18.3 Å². The number of nitrogens with two attached hydrogens (primary N) is 1. The number of hydrogen-bond acceptors (Lipinski definition) is 6. The summed E-state index contributed by atoms with van der Waals surface area (Å²) in [5, 5.41) is 11.2. The van der Waals surface area contributed by atoms with Crippen molar-refractivity contribution in [3.8, 4) is 17.1 Å². The van der Waals surface area contributed by atoms with E-state index in [0.29, 0.717) is 23.1 Å². The van der Waals surface area contributed by atoms with Crippen molar-refractivity contribution in [3.63, 3.8) is 0 Å². The zero-order chi connectivity index (χ0) is 19.6. The zero-order valence-corrected chi connectivity index (χ0v) is 15.8. The van der Waals surface area contributed by atoms with Crippen molar-refractivity contribution in [1.82, 2.24) is 20.2 Å². The highest BCUT2D eigenvalue weighted by Gasteiger charge is 2.14. The first-order valence-electron chi connectivity index (χ1n) is 8.66. The highest BCUT2D eigenvalue weighted by atomic mass is 32.2. The number of benzene rings is 1. The van der Waals surface area contributed by atoms with E-state index in [-0.39, 0.29) is 17.4 Å². The van der Waals surface area contributed by atoms with E-state index in [1.165, 1.54) is 35.0 Å². The molecule has 2 aromatic rings. The molecule has 0 saturated carbocycles. The number of aromatic nitrogens is 3. The molecule has 148 valence electrons. The van der Waals surface area contributed by atoms with Gasteiger partial charge in [0.1, 0.15) is 5.75 Å². The number of amides is 1. The molecule has 0 radical (unpaired) electrons. The molecule has 1 aromatic heterocycles. The SMILES string of the molecule is CCCCCCNC(=O)CSc1nnc(-c2ccc(OC(F)F)cc2)n1N. The van der Waals surface area contributed by atoms with E-state index in [1.807, 2.05) is 0 Å². The Labute approximate surface area is 160 Å². The summed E-state index contributed by atoms with van der Waals surface area (Å²) < 4.78 is 29.9. The molecule has 0 unspecified atom stereocenters. The number of hydrogen-bond donors (Lipinski definition) is 2. The first kappa shape index (κ1) is 20.9. The summed E-state index contributed by atoms with van der Waals surface area (Å²) in [5.41, 5.74) is 0.596. The van der Waals surface area contributed by atoms with E-state index in [9.17, 15) is 13.6 Å². The molecule has 0 aliphatic carbocycles. The number of ether oxygens (including phenoxy) is 1. The third-order valence-corrected chi connectivity index (χ3v) is 4.63. The van der Waals surface area contributed by atoms with E-state index >= 15 is 0 Å². The third-order valence-electron chi connectivity index (χ3n) is 3.69. The second-order valence-electron chi connectivity index (χ2n) is 5.78. The summed E-state index contributed by atoms with van der Waals surface area (Å²) in [6, 6.07) is 5.91. The number of nitrogens with one attached hydrogen (secondary N) is 1. The van der Waals surface area contributed by atoms with Gasteiger partial charge in [-0.3, -0.25) is 4.79 Å². The van der Waals surface area contributed by atoms with Gasteiger partial charge < -0.3 is 15.9 Å². The molecular weight excluding hydrogens is 376 g/mol. The summed E-state index contributed by atoms with van der Waals surface area (Å²) in [5.74, 6) is 6.49. The lowest BCUT2D eigenvalue weighted by Gasteiger charge is -2.06. The quantitative estimate of drug-likeness (QED) is 0.343. The number of carbonyl (C=O) groups is 1. The van der Waals surface area contributed by atoms with Crippen LogP contribution in [-0.2, 0) is 4.79 Å². The van der Waals surface area contributed by atoms with Gasteiger partial charge in [0.05, 0.1) is 5.75 Å². The average molecular weight is 399 g/mol. The van der Waals surface area contributed by atoms with Gasteiger partial charge in [-0.1, -0.05) is 37.9 Å². The van der Waals surface area contributed by atoms with Crippen LogP contribution in [0.25, 0.3) is 11.4 Å². The number of alkyl halides is 2. The van der Waals surface area contributed by atoms with Gasteiger partial charge in [-0.2, -0.15) is 8.78 Å². The van der Waals surface area contributed by atoms with E-state index in [2.05, 4.69) is 27.2 Å². The van der Waals surface area contributed by atoms with Crippen LogP contribution in [0.15, 0.2) is 29.4 Å². The molecule has 7 nitrogen and oxygen atoms in total. The Kier molecular flexibility index (Phi) is 8.31. The fourth-order valence-corrected chi connectivity index (χ4v) is 3.00. The monoisotopic (exact) mass is 399 g/mol.